The third kappa shape index (κ3) is 3.84. The predicted molar refractivity (Wildman–Crippen MR) is 122 cm³/mol. The molecule has 5 nitrogen and oxygen atoms in total. The van der Waals surface area contributed by atoms with Gasteiger partial charge in [-0.1, -0.05) is 52.0 Å². The van der Waals surface area contributed by atoms with Gasteiger partial charge in [-0.2, -0.15) is 0 Å². The number of carbonyl (C=O) groups excluding carboxylic acids is 1. The summed E-state index contributed by atoms with van der Waals surface area (Å²) in [6.07, 6.45) is 0.304. The van der Waals surface area contributed by atoms with Crippen LogP contribution in [-0.2, 0) is 23.5 Å². The second-order valence-corrected chi connectivity index (χ2v) is 9.79. The number of imidazole rings is 1. The molecule has 0 atom stereocenters. The van der Waals surface area contributed by atoms with Gasteiger partial charge in [0.05, 0.1) is 23.1 Å². The summed E-state index contributed by atoms with van der Waals surface area (Å²) in [4.78, 5) is 24.0. The van der Waals surface area contributed by atoms with Crippen LogP contribution < -0.4 is 4.90 Å². The van der Waals surface area contributed by atoms with Crippen molar-refractivity contribution in [2.75, 3.05) is 11.4 Å². The second kappa shape index (κ2) is 7.93. The summed E-state index contributed by atoms with van der Waals surface area (Å²) in [7, 11) is 0. The number of halogens is 1. The highest BCUT2D eigenvalue weighted by molar-refractivity contribution is 9.10. The zero-order valence-electron chi connectivity index (χ0n) is 15.4. The van der Waals surface area contributed by atoms with E-state index in [1.165, 1.54) is 5.56 Å². The number of amides is 1. The summed E-state index contributed by atoms with van der Waals surface area (Å²) in [5.74, 6) is 1.66. The predicted octanol–water partition coefficient (Wildman–Crippen LogP) is 5.14. The Labute approximate surface area is 184 Å². The number of anilines is 1. The van der Waals surface area contributed by atoms with Gasteiger partial charge in [0.2, 0.25) is 11.9 Å². The van der Waals surface area contributed by atoms with Gasteiger partial charge < -0.3 is 4.57 Å². The molecule has 8 heteroatoms. The lowest BCUT2D eigenvalue weighted by Gasteiger charge is -2.12. The van der Waals surface area contributed by atoms with E-state index in [2.05, 4.69) is 48.7 Å². The van der Waals surface area contributed by atoms with Crippen LogP contribution in [0.5, 0.6) is 0 Å². The Morgan fingerprint density at radius 2 is 1.93 bits per heavy atom. The Morgan fingerprint density at radius 1 is 1.10 bits per heavy atom. The molecule has 0 bridgehead atoms. The Balaban J connectivity index is 1.25. The highest BCUT2D eigenvalue weighted by atomic mass is 79.9. The van der Waals surface area contributed by atoms with Crippen molar-refractivity contribution < 1.29 is 4.79 Å². The normalized spacial score (nSPS) is 13.2. The minimum Gasteiger partial charge on any atom is -0.308 e. The number of nitrogens with zero attached hydrogens (tertiary/aromatic N) is 4. The van der Waals surface area contributed by atoms with Crippen LogP contribution in [0.15, 0.2) is 62.7 Å². The number of hydrogen-bond acceptors (Lipinski definition) is 5. The molecule has 1 aliphatic heterocycles. The zero-order valence-corrected chi connectivity index (χ0v) is 18.6. The largest absolute Gasteiger partial charge is 0.308 e. The van der Waals surface area contributed by atoms with Crippen LogP contribution in [-0.4, -0.2) is 27.0 Å². The van der Waals surface area contributed by atoms with E-state index >= 15 is 0 Å². The molecule has 0 saturated heterocycles. The molecule has 29 heavy (non-hydrogen) atoms. The lowest BCUT2D eigenvalue weighted by Crippen LogP contribution is -2.30. The highest BCUT2D eigenvalue weighted by Gasteiger charge is 2.28. The van der Waals surface area contributed by atoms with E-state index in [1.807, 2.05) is 35.7 Å². The van der Waals surface area contributed by atoms with Gasteiger partial charge in [0.15, 0.2) is 0 Å². The van der Waals surface area contributed by atoms with E-state index in [4.69, 9.17) is 0 Å². The van der Waals surface area contributed by atoms with Gasteiger partial charge in [-0.15, -0.1) is 11.3 Å². The molecule has 2 aromatic heterocycles. The van der Waals surface area contributed by atoms with Crippen LogP contribution in [0.2, 0.25) is 0 Å². The molecular weight excluding hydrogens is 468 g/mol. The quantitative estimate of drug-likeness (QED) is 0.368. The number of aromatic nitrogens is 3. The molecule has 1 amide bonds. The molecule has 0 fully saturated rings. The maximum absolute atomic E-state index is 12.9. The third-order valence-electron chi connectivity index (χ3n) is 4.86. The lowest BCUT2D eigenvalue weighted by molar-refractivity contribution is -0.118. The van der Waals surface area contributed by atoms with Gasteiger partial charge in [0, 0.05) is 28.7 Å². The maximum atomic E-state index is 12.9. The number of thiazole rings is 1. The Bertz CT molecular complexity index is 1190. The van der Waals surface area contributed by atoms with Gasteiger partial charge in [0.1, 0.15) is 4.34 Å². The highest BCUT2D eigenvalue weighted by Crippen LogP contribution is 2.29. The van der Waals surface area contributed by atoms with E-state index in [9.17, 15) is 4.79 Å². The fourth-order valence-corrected chi connectivity index (χ4v) is 5.50. The number of carbonyl (C=O) groups is 1. The monoisotopic (exact) mass is 484 g/mol. The molecule has 0 unspecified atom stereocenters. The van der Waals surface area contributed by atoms with Crippen LogP contribution in [0, 0.1) is 0 Å². The molecule has 2 aromatic carbocycles. The zero-order chi connectivity index (χ0) is 19.8. The van der Waals surface area contributed by atoms with Crippen molar-refractivity contribution in [1.29, 1.82) is 0 Å². The molecular formula is C21H17BrN4OS2. The number of thioether (sulfide) groups is 1. The average Bonchev–Trinajstić information content (AvgIpc) is 3.42. The average molecular weight is 485 g/mol. The van der Waals surface area contributed by atoms with Crippen molar-refractivity contribution >= 4 is 61.9 Å². The number of para-hydroxylation sites is 2. The summed E-state index contributed by atoms with van der Waals surface area (Å²) in [6.45, 7) is 1.45. The van der Waals surface area contributed by atoms with Crippen LogP contribution >= 0.6 is 39.0 Å². The first kappa shape index (κ1) is 18.8. The van der Waals surface area contributed by atoms with Gasteiger partial charge in [0.25, 0.3) is 0 Å². The summed E-state index contributed by atoms with van der Waals surface area (Å²) < 4.78 is 4.19. The maximum Gasteiger partial charge on any atom is 0.235 e. The first-order valence-electron chi connectivity index (χ1n) is 9.25. The molecule has 0 spiro atoms. The molecule has 3 heterocycles. The lowest BCUT2D eigenvalue weighted by atomic mass is 10.2. The van der Waals surface area contributed by atoms with Gasteiger partial charge in [-0.3, -0.25) is 9.69 Å². The molecule has 4 aromatic rings. The Kier molecular flexibility index (Phi) is 5.15. The molecule has 0 aliphatic carbocycles. The van der Waals surface area contributed by atoms with Gasteiger partial charge in [-0.05, 0) is 29.8 Å². The summed E-state index contributed by atoms with van der Waals surface area (Å²) in [5.41, 5.74) is 4.09. The molecule has 0 N–H and O–H groups in total. The minimum absolute atomic E-state index is 0.0498. The van der Waals surface area contributed by atoms with Crippen molar-refractivity contribution in [2.45, 2.75) is 23.1 Å². The summed E-state index contributed by atoms with van der Waals surface area (Å²) in [6, 6.07) is 16.3. The smallest absolute Gasteiger partial charge is 0.235 e. The van der Waals surface area contributed by atoms with Crippen molar-refractivity contribution in [2.24, 2.45) is 0 Å². The van der Waals surface area contributed by atoms with Crippen molar-refractivity contribution in [1.82, 2.24) is 14.5 Å². The van der Waals surface area contributed by atoms with Crippen molar-refractivity contribution in [3.63, 3.8) is 0 Å². The van der Waals surface area contributed by atoms with E-state index in [0.29, 0.717) is 13.0 Å². The molecule has 5 rings (SSSR count). The second-order valence-electron chi connectivity index (χ2n) is 6.79. The number of rotatable bonds is 5. The van der Waals surface area contributed by atoms with Gasteiger partial charge in [-0.25, -0.2) is 9.97 Å². The van der Waals surface area contributed by atoms with Crippen LogP contribution in [0.25, 0.3) is 11.0 Å². The van der Waals surface area contributed by atoms with E-state index in [-0.39, 0.29) is 5.91 Å². The molecule has 146 valence electrons. The fraction of sp³-hybridized carbons (Fsp3) is 0.190. The number of fused-ring (bicyclic) bond motifs is 3. The standard InChI is InChI=1S/C21H17BrN4OS2/c22-15-7-5-14(6-8-15)12-28-21-23-16(13-29-21)11-19(27)26-10-9-25-18-4-2-1-3-17(18)24-20(25)26/h1-8,13H,9-12H2. The fourth-order valence-electron chi connectivity index (χ4n) is 3.44. The van der Waals surface area contributed by atoms with Crippen LogP contribution in [0.1, 0.15) is 11.3 Å². The number of benzene rings is 2. The molecule has 0 radical (unpaired) electrons. The first-order valence-corrected chi connectivity index (χ1v) is 11.9. The first-order chi connectivity index (χ1) is 14.2. The van der Waals surface area contributed by atoms with Crippen LogP contribution in [0.4, 0.5) is 5.95 Å². The van der Waals surface area contributed by atoms with E-state index < -0.39 is 0 Å². The topological polar surface area (TPSA) is 51.0 Å². The minimum atomic E-state index is 0.0498. The Morgan fingerprint density at radius 3 is 2.79 bits per heavy atom. The van der Waals surface area contributed by atoms with E-state index in [0.717, 1.165) is 43.8 Å². The molecule has 1 aliphatic rings. The van der Waals surface area contributed by atoms with Crippen LogP contribution in [0.3, 0.4) is 0 Å². The summed E-state index contributed by atoms with van der Waals surface area (Å²) in [5, 5.41) is 1.99. The van der Waals surface area contributed by atoms with Gasteiger partial charge >= 0.3 is 0 Å². The Hall–Kier alpha value is -2.16. The van der Waals surface area contributed by atoms with Crippen molar-refractivity contribution in [3.05, 3.63) is 69.6 Å². The SMILES string of the molecule is O=C(Cc1csc(SCc2ccc(Br)cc2)n1)N1CCn2c1nc1ccccc12. The number of hydrogen-bond donors (Lipinski definition) is 0. The summed E-state index contributed by atoms with van der Waals surface area (Å²) >= 11 is 6.76. The molecule has 0 saturated carbocycles. The third-order valence-corrected chi connectivity index (χ3v) is 7.53. The van der Waals surface area contributed by atoms with E-state index in [1.54, 1.807) is 28.0 Å². The van der Waals surface area contributed by atoms with Crippen molar-refractivity contribution in [3.8, 4) is 0 Å².